The fourth-order valence-corrected chi connectivity index (χ4v) is 7.29. The molecule has 0 spiro atoms. The first-order chi connectivity index (χ1) is 32.0. The molecule has 0 aromatic carbocycles. The lowest BCUT2D eigenvalue weighted by Gasteiger charge is -2.18. The van der Waals surface area contributed by atoms with Gasteiger partial charge in [-0.25, -0.2) is 0 Å². The topological polar surface area (TPSA) is 78.9 Å². The summed E-state index contributed by atoms with van der Waals surface area (Å²) >= 11 is 0. The second kappa shape index (κ2) is 53.2. The monoisotopic (exact) mass is 905 g/mol. The number of carbonyl (C=O) groups excluding carboxylic acids is 3. The molecule has 0 aliphatic heterocycles. The minimum absolute atomic E-state index is 0.100. The molecule has 0 unspecified atom stereocenters. The Morgan fingerprint density at radius 3 is 1.03 bits per heavy atom. The van der Waals surface area contributed by atoms with Gasteiger partial charge in [0.15, 0.2) is 6.10 Å². The van der Waals surface area contributed by atoms with Crippen molar-refractivity contribution in [2.75, 3.05) is 13.2 Å². The van der Waals surface area contributed by atoms with Crippen LogP contribution in [0.3, 0.4) is 0 Å². The average Bonchev–Trinajstić information content (AvgIpc) is 3.30. The third-order valence-electron chi connectivity index (χ3n) is 11.4. The molecule has 0 saturated heterocycles. The van der Waals surface area contributed by atoms with Crippen LogP contribution in [0.1, 0.15) is 252 Å². The van der Waals surface area contributed by atoms with Gasteiger partial charge in [-0.3, -0.25) is 14.4 Å². The van der Waals surface area contributed by atoms with Gasteiger partial charge in [0.1, 0.15) is 13.2 Å². The van der Waals surface area contributed by atoms with Gasteiger partial charge >= 0.3 is 17.9 Å². The van der Waals surface area contributed by atoms with Crippen molar-refractivity contribution in [2.24, 2.45) is 0 Å². The van der Waals surface area contributed by atoms with Crippen LogP contribution in [0.4, 0.5) is 0 Å². The van der Waals surface area contributed by atoms with Crippen LogP contribution in [0.15, 0.2) is 85.1 Å². The van der Waals surface area contributed by atoms with Crippen LogP contribution in [0.2, 0.25) is 0 Å². The van der Waals surface area contributed by atoms with E-state index in [0.717, 1.165) is 89.9 Å². The van der Waals surface area contributed by atoms with Gasteiger partial charge in [-0.2, -0.15) is 0 Å². The maximum absolute atomic E-state index is 12.8. The van der Waals surface area contributed by atoms with E-state index < -0.39 is 6.10 Å². The van der Waals surface area contributed by atoms with E-state index in [2.05, 4.69) is 106 Å². The molecule has 0 rings (SSSR count). The summed E-state index contributed by atoms with van der Waals surface area (Å²) in [5, 5.41) is 0. The highest BCUT2D eigenvalue weighted by molar-refractivity contribution is 5.71. The molecule has 0 N–H and O–H groups in total. The van der Waals surface area contributed by atoms with Gasteiger partial charge in [0.05, 0.1) is 0 Å². The van der Waals surface area contributed by atoms with Gasteiger partial charge in [-0.15, -0.1) is 0 Å². The summed E-state index contributed by atoms with van der Waals surface area (Å²) in [6.45, 7) is 6.45. The summed E-state index contributed by atoms with van der Waals surface area (Å²) in [7, 11) is 0. The van der Waals surface area contributed by atoms with Gasteiger partial charge in [0.2, 0.25) is 0 Å². The van der Waals surface area contributed by atoms with E-state index in [-0.39, 0.29) is 37.5 Å². The molecule has 0 aliphatic carbocycles. The van der Waals surface area contributed by atoms with Crippen LogP contribution in [0.5, 0.6) is 0 Å². The minimum atomic E-state index is -0.805. The lowest BCUT2D eigenvalue weighted by Crippen LogP contribution is -2.30. The molecule has 65 heavy (non-hydrogen) atoms. The highest BCUT2D eigenvalue weighted by Crippen LogP contribution is 2.14. The van der Waals surface area contributed by atoms with Crippen molar-refractivity contribution in [3.63, 3.8) is 0 Å². The number of hydrogen-bond acceptors (Lipinski definition) is 6. The quantitative estimate of drug-likeness (QED) is 0.0262. The van der Waals surface area contributed by atoms with E-state index in [1.807, 2.05) is 0 Å². The fourth-order valence-electron chi connectivity index (χ4n) is 7.29. The van der Waals surface area contributed by atoms with Gasteiger partial charge in [-0.1, -0.05) is 209 Å². The molecule has 0 radical (unpaired) electrons. The smallest absolute Gasteiger partial charge is 0.306 e. The number of ether oxygens (including phenoxy) is 3. The molecule has 0 saturated carbocycles. The van der Waals surface area contributed by atoms with E-state index in [1.165, 1.54) is 116 Å². The molecule has 6 heteroatoms. The lowest BCUT2D eigenvalue weighted by atomic mass is 10.1. The van der Waals surface area contributed by atoms with E-state index in [4.69, 9.17) is 14.2 Å². The van der Waals surface area contributed by atoms with Crippen LogP contribution in [0.25, 0.3) is 0 Å². The average molecular weight is 905 g/mol. The molecule has 372 valence electrons. The Morgan fingerprint density at radius 1 is 0.323 bits per heavy atom. The van der Waals surface area contributed by atoms with E-state index >= 15 is 0 Å². The third kappa shape index (κ3) is 51.4. The Balaban J connectivity index is 4.48. The normalized spacial score (nSPS) is 12.7. The van der Waals surface area contributed by atoms with Crippen LogP contribution >= 0.6 is 0 Å². The van der Waals surface area contributed by atoms with Crippen molar-refractivity contribution in [2.45, 2.75) is 258 Å². The summed E-state index contributed by atoms with van der Waals surface area (Å²) in [5.74, 6) is -0.972. The van der Waals surface area contributed by atoms with Gasteiger partial charge in [-0.05, 0) is 109 Å². The number of hydrogen-bond donors (Lipinski definition) is 0. The van der Waals surface area contributed by atoms with Crippen molar-refractivity contribution in [3.8, 4) is 0 Å². The number of carbonyl (C=O) groups is 3. The van der Waals surface area contributed by atoms with Gasteiger partial charge < -0.3 is 14.2 Å². The second-order valence-corrected chi connectivity index (χ2v) is 17.7. The van der Waals surface area contributed by atoms with Crippen molar-refractivity contribution in [1.29, 1.82) is 0 Å². The van der Waals surface area contributed by atoms with Gasteiger partial charge in [0.25, 0.3) is 0 Å². The zero-order valence-electron chi connectivity index (χ0n) is 42.5. The molecule has 0 fully saturated rings. The maximum Gasteiger partial charge on any atom is 0.306 e. The molecule has 0 aromatic rings. The number of unbranched alkanes of at least 4 members (excludes halogenated alkanes) is 23. The molecule has 0 heterocycles. The fraction of sp³-hybridized carbons (Fsp3) is 0.712. The van der Waals surface area contributed by atoms with Crippen molar-refractivity contribution in [1.82, 2.24) is 0 Å². The molecule has 0 bridgehead atoms. The lowest BCUT2D eigenvalue weighted by molar-refractivity contribution is -0.167. The van der Waals surface area contributed by atoms with E-state index in [0.29, 0.717) is 19.3 Å². The van der Waals surface area contributed by atoms with Crippen molar-refractivity contribution >= 4 is 17.9 Å². The number of allylic oxidation sites excluding steroid dienone is 14. The molecule has 1 atom stereocenters. The highest BCUT2D eigenvalue weighted by atomic mass is 16.6. The number of esters is 3. The standard InChI is InChI=1S/C59H100O6/c1-4-7-10-13-16-19-22-25-27-29-31-34-37-40-43-46-49-52-58(61)64-55-56(54-63-57(60)51-48-45-42-39-36-33-24-21-18-15-12-9-6-3)65-59(62)53-50-47-44-41-38-35-32-30-28-26-23-20-17-14-11-8-5-2/h7,10,16,19,21,24-28,31,34,40,43,56H,4-6,8-9,11-15,17-18,20,22-23,29-30,32-33,35-39,41-42,44-55H2,1-3H3/b10-7+,19-16+,24-21+,27-25+,28-26+,34-31+,43-40+/t56-/m1/s1. The minimum Gasteiger partial charge on any atom is -0.462 e. The zero-order valence-corrected chi connectivity index (χ0v) is 42.5. The third-order valence-corrected chi connectivity index (χ3v) is 11.4. The second-order valence-electron chi connectivity index (χ2n) is 17.7. The Hall–Kier alpha value is -3.41. The first-order valence-electron chi connectivity index (χ1n) is 27.1. The maximum atomic E-state index is 12.8. The first kappa shape index (κ1) is 61.6. The van der Waals surface area contributed by atoms with Crippen molar-refractivity contribution < 1.29 is 28.6 Å². The number of rotatable bonds is 48. The Labute approximate surface area is 401 Å². The summed E-state index contributed by atoms with van der Waals surface area (Å²) < 4.78 is 16.8. The molecular formula is C59H100O6. The summed E-state index contributed by atoms with van der Waals surface area (Å²) in [5.41, 5.74) is 0. The van der Waals surface area contributed by atoms with Gasteiger partial charge in [0, 0.05) is 19.3 Å². The Kier molecular flexibility index (Phi) is 50.4. The molecule has 0 amide bonds. The largest absolute Gasteiger partial charge is 0.462 e. The first-order valence-corrected chi connectivity index (χ1v) is 27.1. The molecular weight excluding hydrogens is 805 g/mol. The van der Waals surface area contributed by atoms with Crippen LogP contribution in [-0.4, -0.2) is 37.2 Å². The van der Waals surface area contributed by atoms with Crippen molar-refractivity contribution in [3.05, 3.63) is 85.1 Å². The zero-order chi connectivity index (χ0) is 47.2. The molecule has 0 aromatic heterocycles. The van der Waals surface area contributed by atoms with E-state index in [1.54, 1.807) is 0 Å². The highest BCUT2D eigenvalue weighted by Gasteiger charge is 2.19. The van der Waals surface area contributed by atoms with Crippen LogP contribution in [-0.2, 0) is 28.6 Å². The Bertz CT molecular complexity index is 1270. The molecule has 6 nitrogen and oxygen atoms in total. The van der Waals surface area contributed by atoms with Crippen LogP contribution in [0, 0.1) is 0 Å². The molecule has 0 aliphatic rings. The summed E-state index contributed by atoms with van der Waals surface area (Å²) in [6, 6.07) is 0. The predicted molar refractivity (Wildman–Crippen MR) is 279 cm³/mol. The van der Waals surface area contributed by atoms with E-state index in [9.17, 15) is 14.4 Å². The van der Waals surface area contributed by atoms with Crippen LogP contribution < -0.4 is 0 Å². The Morgan fingerprint density at radius 2 is 0.615 bits per heavy atom. The summed E-state index contributed by atoms with van der Waals surface area (Å²) in [4.78, 5) is 38.0. The SMILES string of the molecule is CC/C=C/C/C=C/C/C=C/C/C=C/C/C=C/CCCC(=O)OC[C@@H](COC(=O)CCCCCCC/C=C/CCCCCC)OC(=O)CCCCCCCCC/C=C/CCCCCCCC. The predicted octanol–water partition coefficient (Wildman–Crippen LogP) is 18.0. The summed E-state index contributed by atoms with van der Waals surface area (Å²) in [6.07, 6.45) is 68.6.